The molecule has 1 amide bonds. The molecular formula is C22H24F3N5O2. The standard InChI is InChI=1S/C22H24F3N5O2/c1-13-18-19(32-3)17(21(31)27-15-6-4-14(5-7-15)22(23,24)25)12-26-20(18)30(28-13)16-8-10-29(2)11-9-16/h4-7,12,16H,8-11H2,1-3H3,(H,27,31). The zero-order chi connectivity index (χ0) is 23.0. The van der Waals surface area contributed by atoms with E-state index < -0.39 is 17.6 Å². The Morgan fingerprint density at radius 2 is 1.84 bits per heavy atom. The van der Waals surface area contributed by atoms with Crippen molar-refractivity contribution in [2.24, 2.45) is 0 Å². The number of hydrogen-bond acceptors (Lipinski definition) is 5. The number of carbonyl (C=O) groups excluding carboxylic acids is 1. The van der Waals surface area contributed by atoms with Crippen LogP contribution in [0.3, 0.4) is 0 Å². The minimum Gasteiger partial charge on any atom is -0.495 e. The maximum Gasteiger partial charge on any atom is 0.416 e. The number of nitrogens with zero attached hydrogens (tertiary/aromatic N) is 4. The summed E-state index contributed by atoms with van der Waals surface area (Å²) in [6, 6.07) is 4.48. The maximum atomic E-state index is 12.9. The summed E-state index contributed by atoms with van der Waals surface area (Å²) in [5.74, 6) is -0.182. The van der Waals surface area contributed by atoms with Gasteiger partial charge in [0.05, 0.1) is 29.8 Å². The highest BCUT2D eigenvalue weighted by molar-refractivity contribution is 6.09. The van der Waals surface area contributed by atoms with Crippen molar-refractivity contribution in [1.82, 2.24) is 19.7 Å². The second kappa shape index (κ2) is 8.42. The minimum absolute atomic E-state index is 0.186. The number of nitrogens with one attached hydrogen (secondary N) is 1. The number of pyridine rings is 1. The number of alkyl halides is 3. The Bertz CT molecular complexity index is 1130. The van der Waals surface area contributed by atoms with Gasteiger partial charge in [-0.3, -0.25) is 4.79 Å². The average molecular weight is 447 g/mol. The quantitative estimate of drug-likeness (QED) is 0.646. The van der Waals surface area contributed by atoms with Gasteiger partial charge in [-0.25, -0.2) is 9.67 Å². The van der Waals surface area contributed by atoms with Crippen LogP contribution in [0.15, 0.2) is 30.5 Å². The molecule has 0 aliphatic carbocycles. The van der Waals surface area contributed by atoms with Crippen LogP contribution in [0.1, 0.15) is 40.5 Å². The monoisotopic (exact) mass is 447 g/mol. The number of methoxy groups -OCH3 is 1. The molecule has 1 N–H and O–H groups in total. The zero-order valence-corrected chi connectivity index (χ0v) is 18.0. The fourth-order valence-corrected chi connectivity index (χ4v) is 4.05. The molecule has 1 saturated heterocycles. The van der Waals surface area contributed by atoms with Gasteiger partial charge < -0.3 is 15.0 Å². The Kier molecular flexibility index (Phi) is 5.81. The lowest BCUT2D eigenvalue weighted by molar-refractivity contribution is -0.137. The number of anilines is 1. The predicted octanol–water partition coefficient (Wildman–Crippen LogP) is 4.29. The van der Waals surface area contributed by atoms with Crippen LogP contribution in [0.4, 0.5) is 18.9 Å². The summed E-state index contributed by atoms with van der Waals surface area (Å²) in [6.07, 6.45) is -1.11. The van der Waals surface area contributed by atoms with Gasteiger partial charge in [0.1, 0.15) is 11.3 Å². The maximum absolute atomic E-state index is 12.9. The van der Waals surface area contributed by atoms with Crippen molar-refractivity contribution >= 4 is 22.6 Å². The van der Waals surface area contributed by atoms with Crippen LogP contribution in [0, 0.1) is 6.92 Å². The van der Waals surface area contributed by atoms with Gasteiger partial charge in [-0.05, 0) is 64.2 Å². The summed E-state index contributed by atoms with van der Waals surface area (Å²) < 4.78 is 45.8. The van der Waals surface area contributed by atoms with Crippen LogP contribution in [0.5, 0.6) is 5.75 Å². The first-order valence-corrected chi connectivity index (χ1v) is 10.3. The van der Waals surface area contributed by atoms with Crippen molar-refractivity contribution < 1.29 is 22.7 Å². The summed E-state index contributed by atoms with van der Waals surface area (Å²) in [5.41, 5.74) is 0.996. The molecule has 0 saturated carbocycles. The van der Waals surface area contributed by atoms with Crippen molar-refractivity contribution in [3.8, 4) is 5.75 Å². The van der Waals surface area contributed by atoms with E-state index in [1.165, 1.54) is 25.4 Å². The Morgan fingerprint density at radius 1 is 1.19 bits per heavy atom. The molecule has 0 spiro atoms. The molecule has 1 aliphatic heterocycles. The lowest BCUT2D eigenvalue weighted by atomic mass is 10.1. The van der Waals surface area contributed by atoms with Crippen molar-refractivity contribution in [2.45, 2.75) is 32.0 Å². The molecule has 0 bridgehead atoms. The Balaban J connectivity index is 1.64. The lowest BCUT2D eigenvalue weighted by Gasteiger charge is -2.29. The molecular weight excluding hydrogens is 423 g/mol. The Morgan fingerprint density at radius 3 is 2.44 bits per heavy atom. The van der Waals surface area contributed by atoms with Gasteiger partial charge in [0.2, 0.25) is 0 Å². The number of carbonyl (C=O) groups is 1. The summed E-state index contributed by atoms with van der Waals surface area (Å²) in [7, 11) is 3.56. The highest BCUT2D eigenvalue weighted by atomic mass is 19.4. The van der Waals surface area contributed by atoms with Crippen molar-refractivity contribution in [3.63, 3.8) is 0 Å². The first-order valence-electron chi connectivity index (χ1n) is 10.3. The minimum atomic E-state index is -4.44. The molecule has 4 rings (SSSR count). The third-order valence-corrected chi connectivity index (χ3v) is 5.80. The van der Waals surface area contributed by atoms with Crippen LogP contribution in [-0.2, 0) is 6.18 Å². The normalized spacial score (nSPS) is 15.8. The Hall–Kier alpha value is -3.14. The van der Waals surface area contributed by atoms with Gasteiger partial charge in [-0.2, -0.15) is 18.3 Å². The second-order valence-corrected chi connectivity index (χ2v) is 8.00. The average Bonchev–Trinajstić information content (AvgIpc) is 3.10. The number of amides is 1. The van der Waals surface area contributed by atoms with Gasteiger partial charge >= 0.3 is 6.18 Å². The molecule has 3 aromatic rings. The molecule has 2 aromatic heterocycles. The van der Waals surface area contributed by atoms with Crippen LogP contribution < -0.4 is 10.1 Å². The number of benzene rings is 1. The highest BCUT2D eigenvalue weighted by Gasteiger charge is 2.30. The van der Waals surface area contributed by atoms with E-state index in [1.807, 2.05) is 11.6 Å². The van der Waals surface area contributed by atoms with E-state index >= 15 is 0 Å². The van der Waals surface area contributed by atoms with Gasteiger partial charge in [0.15, 0.2) is 5.65 Å². The van der Waals surface area contributed by atoms with Crippen molar-refractivity contribution in [2.75, 3.05) is 32.6 Å². The summed E-state index contributed by atoms with van der Waals surface area (Å²) in [4.78, 5) is 19.7. The SMILES string of the molecule is COc1c(C(=O)Nc2ccc(C(F)(F)F)cc2)cnc2c1c(C)nn2C1CCN(C)CC1. The molecule has 1 fully saturated rings. The fourth-order valence-electron chi connectivity index (χ4n) is 4.05. The fraction of sp³-hybridized carbons (Fsp3) is 0.409. The number of likely N-dealkylation sites (tertiary alicyclic amines) is 1. The Labute approximate surface area is 183 Å². The molecule has 7 nitrogen and oxygen atoms in total. The lowest BCUT2D eigenvalue weighted by Crippen LogP contribution is -2.32. The summed E-state index contributed by atoms with van der Waals surface area (Å²) in [5, 5.41) is 7.95. The molecule has 170 valence electrons. The van der Waals surface area contributed by atoms with Crippen molar-refractivity contribution in [3.05, 3.63) is 47.3 Å². The number of aryl methyl sites for hydroxylation is 1. The highest BCUT2D eigenvalue weighted by Crippen LogP contribution is 2.35. The third kappa shape index (κ3) is 4.14. The van der Waals surface area contributed by atoms with E-state index in [4.69, 9.17) is 4.74 Å². The molecule has 32 heavy (non-hydrogen) atoms. The number of rotatable bonds is 4. The molecule has 10 heteroatoms. The van der Waals surface area contributed by atoms with Gasteiger partial charge in [-0.15, -0.1) is 0 Å². The smallest absolute Gasteiger partial charge is 0.416 e. The first-order chi connectivity index (χ1) is 15.2. The van der Waals surface area contributed by atoms with Gasteiger partial charge in [0, 0.05) is 11.9 Å². The summed E-state index contributed by atoms with van der Waals surface area (Å²) >= 11 is 0. The number of aromatic nitrogens is 3. The van der Waals surface area contributed by atoms with E-state index in [2.05, 4.69) is 27.3 Å². The number of hydrogen-bond donors (Lipinski definition) is 1. The molecule has 1 aromatic carbocycles. The zero-order valence-electron chi connectivity index (χ0n) is 18.0. The van der Waals surface area contributed by atoms with E-state index in [1.54, 1.807) is 0 Å². The van der Waals surface area contributed by atoms with Crippen LogP contribution in [0.2, 0.25) is 0 Å². The predicted molar refractivity (Wildman–Crippen MR) is 114 cm³/mol. The molecule has 1 aliphatic rings. The number of fused-ring (bicyclic) bond motifs is 1. The van der Waals surface area contributed by atoms with Crippen LogP contribution in [0.25, 0.3) is 11.0 Å². The largest absolute Gasteiger partial charge is 0.495 e. The topological polar surface area (TPSA) is 72.3 Å². The first kappa shape index (κ1) is 22.1. The van der Waals surface area contributed by atoms with E-state index in [0.29, 0.717) is 22.5 Å². The number of halogens is 3. The molecule has 0 atom stereocenters. The van der Waals surface area contributed by atoms with Crippen molar-refractivity contribution in [1.29, 1.82) is 0 Å². The third-order valence-electron chi connectivity index (χ3n) is 5.80. The van der Waals surface area contributed by atoms with E-state index in [-0.39, 0.29) is 17.3 Å². The van der Waals surface area contributed by atoms with Gasteiger partial charge in [-0.1, -0.05) is 0 Å². The van der Waals surface area contributed by atoms with Gasteiger partial charge in [0.25, 0.3) is 5.91 Å². The second-order valence-electron chi connectivity index (χ2n) is 8.00. The molecule has 3 heterocycles. The number of ether oxygens (including phenoxy) is 1. The van der Waals surface area contributed by atoms with Crippen LogP contribution >= 0.6 is 0 Å². The van der Waals surface area contributed by atoms with Crippen LogP contribution in [-0.4, -0.2) is 52.8 Å². The summed E-state index contributed by atoms with van der Waals surface area (Å²) in [6.45, 7) is 3.78. The van der Waals surface area contributed by atoms with E-state index in [0.717, 1.165) is 38.1 Å². The molecule has 0 unspecified atom stereocenters. The number of piperidine rings is 1. The van der Waals surface area contributed by atoms with E-state index in [9.17, 15) is 18.0 Å². The molecule has 0 radical (unpaired) electrons.